The summed E-state index contributed by atoms with van der Waals surface area (Å²) in [4.78, 5) is 2.10. The second-order valence-corrected chi connectivity index (χ2v) is 3.70. The van der Waals surface area contributed by atoms with E-state index in [9.17, 15) is 0 Å². The molecule has 0 spiro atoms. The summed E-state index contributed by atoms with van der Waals surface area (Å²) in [7, 11) is 5.71. The molecule has 1 rings (SSSR count). The summed E-state index contributed by atoms with van der Waals surface area (Å²) in [6.07, 6.45) is 4.09. The summed E-state index contributed by atoms with van der Waals surface area (Å²) in [6.45, 7) is 1.49. The van der Waals surface area contributed by atoms with Crippen LogP contribution in [0.1, 0.15) is 0 Å². The third-order valence-corrected chi connectivity index (χ3v) is 2.04. The van der Waals surface area contributed by atoms with Gasteiger partial charge in [-0.3, -0.25) is 0 Å². The Morgan fingerprint density at radius 2 is 1.81 bits per heavy atom. The average molecular weight is 221 g/mol. The van der Waals surface area contributed by atoms with Gasteiger partial charge in [0.1, 0.15) is 6.61 Å². The number of benzene rings is 1. The van der Waals surface area contributed by atoms with Gasteiger partial charge in [0.25, 0.3) is 0 Å². The van der Waals surface area contributed by atoms with Crippen LogP contribution in [0.4, 0.5) is 0 Å². The van der Waals surface area contributed by atoms with Crippen molar-refractivity contribution in [1.29, 1.82) is 0 Å². The lowest BCUT2D eigenvalue weighted by molar-refractivity contribution is 0.325. The molecule has 3 nitrogen and oxygen atoms in total. The minimum Gasteiger partial charge on any atom is -0.493 e. The molecule has 0 radical (unpaired) electrons. The van der Waals surface area contributed by atoms with Gasteiger partial charge in [-0.1, -0.05) is 24.3 Å². The molecule has 3 heteroatoms. The largest absolute Gasteiger partial charge is 0.493 e. The van der Waals surface area contributed by atoms with Crippen molar-refractivity contribution in [2.45, 2.75) is 0 Å². The highest BCUT2D eigenvalue weighted by molar-refractivity contribution is 5.39. The lowest BCUT2D eigenvalue weighted by Crippen LogP contribution is -2.10. The molecule has 0 heterocycles. The van der Waals surface area contributed by atoms with Gasteiger partial charge < -0.3 is 14.4 Å². The number of methoxy groups -OCH3 is 1. The fourth-order valence-corrected chi connectivity index (χ4v) is 1.23. The maximum atomic E-state index is 5.58. The number of nitrogens with zero attached hydrogens (tertiary/aromatic N) is 1. The van der Waals surface area contributed by atoms with Crippen LogP contribution in [0.3, 0.4) is 0 Å². The molecule has 0 aliphatic rings. The van der Waals surface area contributed by atoms with E-state index >= 15 is 0 Å². The predicted octanol–water partition coefficient (Wildman–Crippen LogP) is 2.19. The van der Waals surface area contributed by atoms with E-state index in [1.807, 2.05) is 44.4 Å². The highest BCUT2D eigenvalue weighted by atomic mass is 16.5. The molecule has 0 unspecified atom stereocenters. The second kappa shape index (κ2) is 6.90. The van der Waals surface area contributed by atoms with Gasteiger partial charge >= 0.3 is 0 Å². The fourth-order valence-electron chi connectivity index (χ4n) is 1.23. The van der Waals surface area contributed by atoms with Crippen LogP contribution in [0.15, 0.2) is 36.4 Å². The van der Waals surface area contributed by atoms with Crippen molar-refractivity contribution in [2.75, 3.05) is 34.4 Å². The molecular weight excluding hydrogens is 202 g/mol. The molecular formula is C13H19NO2. The molecule has 0 atom stereocenters. The molecule has 0 aliphatic carbocycles. The molecule has 16 heavy (non-hydrogen) atoms. The van der Waals surface area contributed by atoms with Gasteiger partial charge in [0.2, 0.25) is 0 Å². The van der Waals surface area contributed by atoms with Crippen molar-refractivity contribution in [2.24, 2.45) is 0 Å². The standard InChI is InChI=1S/C13H19NO2/c1-14(2)10-6-7-11-16-13-9-5-4-8-12(13)15-3/h4-9H,10-11H2,1-3H3. The Morgan fingerprint density at radius 3 is 2.44 bits per heavy atom. The van der Waals surface area contributed by atoms with Gasteiger partial charge in [-0.05, 0) is 26.2 Å². The summed E-state index contributed by atoms with van der Waals surface area (Å²) in [5.41, 5.74) is 0. The van der Waals surface area contributed by atoms with Crippen LogP contribution in [0.25, 0.3) is 0 Å². The molecule has 1 aromatic rings. The maximum absolute atomic E-state index is 5.58. The summed E-state index contributed by atoms with van der Waals surface area (Å²) < 4.78 is 10.8. The van der Waals surface area contributed by atoms with Crippen LogP contribution in [-0.4, -0.2) is 39.3 Å². The van der Waals surface area contributed by atoms with Gasteiger partial charge in [0.05, 0.1) is 7.11 Å². The first kappa shape index (κ1) is 12.6. The molecule has 0 fully saturated rings. The molecule has 0 aliphatic heterocycles. The number of rotatable bonds is 6. The molecule has 0 aromatic heterocycles. The van der Waals surface area contributed by atoms with Crippen LogP contribution in [-0.2, 0) is 0 Å². The van der Waals surface area contributed by atoms with E-state index in [1.54, 1.807) is 7.11 Å². The van der Waals surface area contributed by atoms with Crippen LogP contribution in [0.2, 0.25) is 0 Å². The van der Waals surface area contributed by atoms with E-state index in [4.69, 9.17) is 9.47 Å². The van der Waals surface area contributed by atoms with Crippen molar-refractivity contribution >= 4 is 0 Å². The zero-order chi connectivity index (χ0) is 11.8. The number of hydrogen-bond donors (Lipinski definition) is 0. The molecule has 0 bridgehead atoms. The van der Waals surface area contributed by atoms with Crippen molar-refractivity contribution in [3.8, 4) is 11.5 Å². The smallest absolute Gasteiger partial charge is 0.161 e. The van der Waals surface area contributed by atoms with E-state index in [1.165, 1.54) is 0 Å². The summed E-state index contributed by atoms with van der Waals surface area (Å²) >= 11 is 0. The van der Waals surface area contributed by atoms with Crippen LogP contribution < -0.4 is 9.47 Å². The molecule has 0 saturated carbocycles. The summed E-state index contributed by atoms with van der Waals surface area (Å²) in [6, 6.07) is 7.65. The Morgan fingerprint density at radius 1 is 1.12 bits per heavy atom. The first-order valence-corrected chi connectivity index (χ1v) is 5.29. The average Bonchev–Trinajstić information content (AvgIpc) is 2.29. The van der Waals surface area contributed by atoms with Crippen molar-refractivity contribution in [1.82, 2.24) is 4.90 Å². The number of likely N-dealkylation sites (N-methyl/N-ethyl adjacent to an activating group) is 1. The Balaban J connectivity index is 2.39. The number of hydrogen-bond acceptors (Lipinski definition) is 3. The highest BCUT2D eigenvalue weighted by Crippen LogP contribution is 2.25. The van der Waals surface area contributed by atoms with Crippen molar-refractivity contribution in [3.05, 3.63) is 36.4 Å². The van der Waals surface area contributed by atoms with Crippen molar-refractivity contribution < 1.29 is 9.47 Å². The third kappa shape index (κ3) is 4.36. The van der Waals surface area contributed by atoms with Gasteiger partial charge in [0, 0.05) is 6.54 Å². The molecule has 1 aromatic carbocycles. The van der Waals surface area contributed by atoms with E-state index in [0.29, 0.717) is 6.61 Å². The SMILES string of the molecule is COc1ccccc1OCC=CCN(C)C. The Kier molecular flexibility index (Phi) is 5.43. The zero-order valence-electron chi connectivity index (χ0n) is 10.1. The van der Waals surface area contributed by atoms with Crippen molar-refractivity contribution in [3.63, 3.8) is 0 Å². The van der Waals surface area contributed by atoms with E-state index < -0.39 is 0 Å². The summed E-state index contributed by atoms with van der Waals surface area (Å²) in [5, 5.41) is 0. The summed E-state index contributed by atoms with van der Waals surface area (Å²) in [5.74, 6) is 1.54. The molecule has 88 valence electrons. The fraction of sp³-hybridized carbons (Fsp3) is 0.385. The van der Waals surface area contributed by atoms with Gasteiger partial charge in [-0.2, -0.15) is 0 Å². The number of ether oxygens (including phenoxy) is 2. The van der Waals surface area contributed by atoms with Crippen LogP contribution >= 0.6 is 0 Å². The number of para-hydroxylation sites is 2. The zero-order valence-corrected chi connectivity index (χ0v) is 10.1. The molecule has 0 amide bonds. The third-order valence-electron chi connectivity index (χ3n) is 2.04. The van der Waals surface area contributed by atoms with Gasteiger partial charge in [-0.15, -0.1) is 0 Å². The van der Waals surface area contributed by atoms with Gasteiger partial charge in [-0.25, -0.2) is 0 Å². The minimum absolute atomic E-state index is 0.564. The Bertz CT molecular complexity index is 334. The highest BCUT2D eigenvalue weighted by Gasteiger charge is 1.99. The van der Waals surface area contributed by atoms with E-state index in [2.05, 4.69) is 11.0 Å². The second-order valence-electron chi connectivity index (χ2n) is 3.70. The first-order chi connectivity index (χ1) is 7.74. The van der Waals surface area contributed by atoms with E-state index in [-0.39, 0.29) is 0 Å². The lowest BCUT2D eigenvalue weighted by Gasteiger charge is -2.08. The van der Waals surface area contributed by atoms with Crippen LogP contribution in [0, 0.1) is 0 Å². The van der Waals surface area contributed by atoms with E-state index in [0.717, 1.165) is 18.0 Å². The van der Waals surface area contributed by atoms with Crippen LogP contribution in [0.5, 0.6) is 11.5 Å². The Hall–Kier alpha value is -1.48. The molecule has 0 saturated heterocycles. The first-order valence-electron chi connectivity index (χ1n) is 5.29. The minimum atomic E-state index is 0.564. The predicted molar refractivity (Wildman–Crippen MR) is 66.2 cm³/mol. The normalized spacial score (nSPS) is 11.0. The molecule has 0 N–H and O–H groups in total. The quantitative estimate of drug-likeness (QED) is 0.687. The van der Waals surface area contributed by atoms with Gasteiger partial charge in [0.15, 0.2) is 11.5 Å². The monoisotopic (exact) mass is 221 g/mol. The maximum Gasteiger partial charge on any atom is 0.161 e. The lowest BCUT2D eigenvalue weighted by atomic mass is 10.3. The topological polar surface area (TPSA) is 21.7 Å². The Labute approximate surface area is 97.3 Å².